The van der Waals surface area contributed by atoms with Gasteiger partial charge in [-0.05, 0) is 57.8 Å². The molecule has 0 bridgehead atoms. The average Bonchev–Trinajstić information content (AvgIpc) is 3.19. The predicted molar refractivity (Wildman–Crippen MR) is 244 cm³/mol. The van der Waals surface area contributed by atoms with Crippen LogP contribution in [-0.2, 0) is 4.79 Å². The molecule has 2 unspecified atom stereocenters. The fraction of sp³-hybridized carbons (Fsp3) is 0.863. The van der Waals surface area contributed by atoms with Crippen molar-refractivity contribution >= 4 is 5.91 Å². The van der Waals surface area contributed by atoms with E-state index in [0.29, 0.717) is 6.42 Å². The average molecular weight is 772 g/mol. The Morgan fingerprint density at radius 3 is 1.05 bits per heavy atom. The van der Waals surface area contributed by atoms with Gasteiger partial charge in [0.1, 0.15) is 0 Å². The van der Waals surface area contributed by atoms with E-state index in [1.54, 1.807) is 6.08 Å². The van der Waals surface area contributed by atoms with E-state index in [4.69, 9.17) is 0 Å². The molecule has 0 radical (unpaired) electrons. The van der Waals surface area contributed by atoms with Crippen molar-refractivity contribution in [3.05, 3.63) is 36.5 Å². The highest BCUT2D eigenvalue weighted by molar-refractivity contribution is 5.76. The van der Waals surface area contributed by atoms with Crippen LogP contribution in [0.3, 0.4) is 0 Å². The highest BCUT2D eigenvalue weighted by Crippen LogP contribution is 2.16. The maximum Gasteiger partial charge on any atom is 0.220 e. The predicted octanol–water partition coefficient (Wildman–Crippen LogP) is 15.7. The molecule has 0 aliphatic carbocycles. The van der Waals surface area contributed by atoms with Crippen LogP contribution in [0, 0.1) is 0 Å². The zero-order valence-corrected chi connectivity index (χ0v) is 37.2. The number of carbonyl (C=O) groups excluding carboxylic acids is 1. The standard InChI is InChI=1S/C51H97NO3/c1-3-5-7-9-11-13-15-17-19-21-22-23-24-25-26-27-28-29-30-31-33-35-37-39-41-43-45-47-51(55)52-49(48-53)50(54)46-44-42-40-38-36-34-32-20-18-16-14-12-10-8-6-4-2/h21-22,36,38,44,46,49-50,53-54H,3-20,23-35,37,39-43,45,47-48H2,1-2H3,(H,52,55)/b22-21-,38-36+,46-44+. The summed E-state index contributed by atoms with van der Waals surface area (Å²) in [5.41, 5.74) is 0. The van der Waals surface area contributed by atoms with E-state index in [1.165, 1.54) is 212 Å². The summed E-state index contributed by atoms with van der Waals surface area (Å²) in [7, 11) is 0. The number of amides is 1. The van der Waals surface area contributed by atoms with E-state index < -0.39 is 12.1 Å². The molecule has 4 nitrogen and oxygen atoms in total. The van der Waals surface area contributed by atoms with E-state index in [0.717, 1.165) is 32.1 Å². The van der Waals surface area contributed by atoms with Gasteiger partial charge in [0.05, 0.1) is 18.8 Å². The smallest absolute Gasteiger partial charge is 0.220 e. The number of nitrogens with one attached hydrogen (secondary N) is 1. The Morgan fingerprint density at radius 2 is 0.709 bits per heavy atom. The van der Waals surface area contributed by atoms with E-state index in [1.807, 2.05) is 6.08 Å². The molecule has 0 aromatic heterocycles. The van der Waals surface area contributed by atoms with Gasteiger partial charge in [-0.15, -0.1) is 0 Å². The first-order valence-electron chi connectivity index (χ1n) is 24.7. The van der Waals surface area contributed by atoms with Crippen LogP contribution >= 0.6 is 0 Å². The van der Waals surface area contributed by atoms with Crippen molar-refractivity contribution in [2.45, 2.75) is 276 Å². The van der Waals surface area contributed by atoms with Crippen molar-refractivity contribution in [3.8, 4) is 0 Å². The lowest BCUT2D eigenvalue weighted by molar-refractivity contribution is -0.123. The lowest BCUT2D eigenvalue weighted by atomic mass is 10.0. The molecule has 0 aromatic carbocycles. The molecule has 3 N–H and O–H groups in total. The largest absolute Gasteiger partial charge is 0.394 e. The second kappa shape index (κ2) is 47.0. The van der Waals surface area contributed by atoms with Gasteiger partial charge in [-0.2, -0.15) is 0 Å². The molecule has 2 atom stereocenters. The number of aliphatic hydroxyl groups excluding tert-OH is 2. The van der Waals surface area contributed by atoms with Crippen LogP contribution in [0.15, 0.2) is 36.5 Å². The topological polar surface area (TPSA) is 69.6 Å². The molecule has 0 spiro atoms. The Hall–Kier alpha value is -1.39. The van der Waals surface area contributed by atoms with Crippen LogP contribution in [0.5, 0.6) is 0 Å². The SMILES string of the molecule is CCCCCCCCCC/C=C\CCCCCCCCCCCCCCCCCC(=O)NC(CO)C(O)/C=C/CC/C=C/CCCCCCCCCCCC. The first kappa shape index (κ1) is 53.6. The lowest BCUT2D eigenvalue weighted by Crippen LogP contribution is -2.45. The van der Waals surface area contributed by atoms with Gasteiger partial charge < -0.3 is 15.5 Å². The zero-order chi connectivity index (χ0) is 40.0. The minimum atomic E-state index is -0.860. The second-order valence-electron chi connectivity index (χ2n) is 16.9. The first-order chi connectivity index (χ1) is 27.2. The van der Waals surface area contributed by atoms with Gasteiger partial charge in [-0.25, -0.2) is 0 Å². The second-order valence-corrected chi connectivity index (χ2v) is 16.9. The number of carbonyl (C=O) groups is 1. The molecule has 0 aliphatic heterocycles. The van der Waals surface area contributed by atoms with E-state index in [-0.39, 0.29) is 12.5 Å². The number of hydrogen-bond donors (Lipinski definition) is 3. The highest BCUT2D eigenvalue weighted by Gasteiger charge is 2.17. The van der Waals surface area contributed by atoms with Gasteiger partial charge in [0.2, 0.25) is 5.91 Å². The third kappa shape index (κ3) is 43.6. The van der Waals surface area contributed by atoms with Crippen LogP contribution in [0.4, 0.5) is 0 Å². The Morgan fingerprint density at radius 1 is 0.418 bits per heavy atom. The maximum absolute atomic E-state index is 12.4. The zero-order valence-electron chi connectivity index (χ0n) is 37.2. The third-order valence-electron chi connectivity index (χ3n) is 11.3. The molecule has 0 fully saturated rings. The summed E-state index contributed by atoms with van der Waals surface area (Å²) in [6, 6.07) is -0.637. The van der Waals surface area contributed by atoms with Crippen molar-refractivity contribution in [2.24, 2.45) is 0 Å². The van der Waals surface area contributed by atoms with Gasteiger partial charge >= 0.3 is 0 Å². The fourth-order valence-corrected chi connectivity index (χ4v) is 7.54. The molecule has 1 amide bonds. The summed E-state index contributed by atoms with van der Waals surface area (Å²) < 4.78 is 0. The summed E-state index contributed by atoms with van der Waals surface area (Å²) in [5.74, 6) is -0.0712. The molecule has 0 aliphatic rings. The highest BCUT2D eigenvalue weighted by atomic mass is 16.3. The van der Waals surface area contributed by atoms with E-state index in [9.17, 15) is 15.0 Å². The van der Waals surface area contributed by atoms with Crippen LogP contribution in [0.2, 0.25) is 0 Å². The quantitative estimate of drug-likeness (QED) is 0.0426. The lowest BCUT2D eigenvalue weighted by Gasteiger charge is -2.19. The molecule has 0 aromatic rings. The number of aliphatic hydroxyl groups is 2. The number of rotatable bonds is 45. The van der Waals surface area contributed by atoms with Crippen LogP contribution in [-0.4, -0.2) is 34.9 Å². The van der Waals surface area contributed by atoms with Crippen LogP contribution < -0.4 is 5.32 Å². The van der Waals surface area contributed by atoms with Gasteiger partial charge in [0, 0.05) is 6.42 Å². The summed E-state index contributed by atoms with van der Waals surface area (Å²) in [4.78, 5) is 12.4. The van der Waals surface area contributed by atoms with E-state index >= 15 is 0 Å². The number of allylic oxidation sites excluding steroid dienone is 5. The van der Waals surface area contributed by atoms with Crippen molar-refractivity contribution in [1.29, 1.82) is 0 Å². The van der Waals surface area contributed by atoms with Gasteiger partial charge in [-0.3, -0.25) is 4.79 Å². The Bertz CT molecular complexity index is 836. The monoisotopic (exact) mass is 772 g/mol. The van der Waals surface area contributed by atoms with Crippen molar-refractivity contribution < 1.29 is 15.0 Å². The molecule has 324 valence electrons. The van der Waals surface area contributed by atoms with Crippen LogP contribution in [0.1, 0.15) is 264 Å². The molecule has 0 rings (SSSR count). The Kier molecular flexibility index (Phi) is 45.8. The van der Waals surface area contributed by atoms with E-state index in [2.05, 4.69) is 43.5 Å². The fourth-order valence-electron chi connectivity index (χ4n) is 7.54. The van der Waals surface area contributed by atoms with Gasteiger partial charge in [-0.1, -0.05) is 237 Å². The number of hydrogen-bond acceptors (Lipinski definition) is 3. The minimum absolute atomic E-state index is 0.0712. The van der Waals surface area contributed by atoms with Crippen molar-refractivity contribution in [2.75, 3.05) is 6.61 Å². The maximum atomic E-state index is 12.4. The molecular formula is C51H97NO3. The molecule has 4 heteroatoms. The normalized spacial score (nSPS) is 13.2. The summed E-state index contributed by atoms with van der Waals surface area (Å²) >= 11 is 0. The van der Waals surface area contributed by atoms with Crippen molar-refractivity contribution in [3.63, 3.8) is 0 Å². The first-order valence-corrected chi connectivity index (χ1v) is 24.7. The van der Waals surface area contributed by atoms with Crippen molar-refractivity contribution in [1.82, 2.24) is 5.32 Å². The molecule has 0 saturated heterocycles. The Labute approximate surface area is 344 Å². The van der Waals surface area contributed by atoms with Crippen LogP contribution in [0.25, 0.3) is 0 Å². The molecular weight excluding hydrogens is 675 g/mol. The molecule has 0 saturated carbocycles. The summed E-state index contributed by atoms with van der Waals surface area (Å²) in [5, 5.41) is 23.0. The summed E-state index contributed by atoms with van der Waals surface area (Å²) in [6.07, 6.45) is 62.8. The minimum Gasteiger partial charge on any atom is -0.394 e. The summed E-state index contributed by atoms with van der Waals surface area (Å²) in [6.45, 7) is 4.31. The van der Waals surface area contributed by atoms with Gasteiger partial charge in [0.15, 0.2) is 0 Å². The van der Waals surface area contributed by atoms with Gasteiger partial charge in [0.25, 0.3) is 0 Å². The third-order valence-corrected chi connectivity index (χ3v) is 11.3. The molecule has 55 heavy (non-hydrogen) atoms. The Balaban J connectivity index is 3.51. The molecule has 0 heterocycles. The number of unbranched alkanes of at least 4 members (excludes halogenated alkanes) is 34.